The third-order valence-corrected chi connectivity index (χ3v) is 3.56. The van der Waals surface area contributed by atoms with Crippen LogP contribution in [-0.2, 0) is 6.42 Å². The molecule has 19 heavy (non-hydrogen) atoms. The summed E-state index contributed by atoms with van der Waals surface area (Å²) in [4.78, 5) is 9.29. The molecule has 1 unspecified atom stereocenters. The number of aryl methyl sites for hydroxylation is 1. The Balaban J connectivity index is 1.87. The number of benzene rings is 1. The largest absolute Gasteiger partial charge is 0.314 e. The normalized spacial score (nSPS) is 18.7. The van der Waals surface area contributed by atoms with Crippen LogP contribution in [0, 0.1) is 6.92 Å². The number of rotatable bonds is 3. The summed E-state index contributed by atoms with van der Waals surface area (Å²) in [6.45, 7) is 3.17. The van der Waals surface area contributed by atoms with Gasteiger partial charge in [-0.2, -0.15) is 0 Å². The fraction of sp³-hybridized carbons (Fsp3) is 0.375. The van der Waals surface area contributed by atoms with Crippen molar-refractivity contribution >= 4 is 0 Å². The number of hydrogen-bond acceptors (Lipinski definition) is 3. The molecular formula is C16H19N3. The van der Waals surface area contributed by atoms with Crippen LogP contribution in [0.15, 0.2) is 36.4 Å². The highest BCUT2D eigenvalue weighted by Crippen LogP contribution is 2.18. The van der Waals surface area contributed by atoms with Crippen LogP contribution in [0.3, 0.4) is 0 Å². The zero-order valence-electron chi connectivity index (χ0n) is 11.3. The average molecular weight is 253 g/mol. The lowest BCUT2D eigenvalue weighted by molar-refractivity contribution is 0.584. The molecule has 0 saturated carbocycles. The molecule has 0 bridgehead atoms. The van der Waals surface area contributed by atoms with Crippen molar-refractivity contribution in [2.75, 3.05) is 6.54 Å². The molecule has 3 heteroatoms. The minimum Gasteiger partial charge on any atom is -0.314 e. The van der Waals surface area contributed by atoms with Crippen molar-refractivity contribution in [2.45, 2.75) is 32.2 Å². The summed E-state index contributed by atoms with van der Waals surface area (Å²) in [5, 5.41) is 3.50. The van der Waals surface area contributed by atoms with Crippen molar-refractivity contribution in [2.24, 2.45) is 0 Å². The molecule has 2 heterocycles. The fourth-order valence-electron chi connectivity index (χ4n) is 2.63. The van der Waals surface area contributed by atoms with Gasteiger partial charge in [0.25, 0.3) is 0 Å². The predicted octanol–water partition coefficient (Wildman–Crippen LogP) is 2.75. The monoisotopic (exact) mass is 253 g/mol. The molecule has 1 aromatic carbocycles. The maximum Gasteiger partial charge on any atom is 0.130 e. The maximum atomic E-state index is 4.72. The van der Waals surface area contributed by atoms with E-state index in [-0.39, 0.29) is 0 Å². The number of aromatic nitrogens is 2. The fourth-order valence-corrected chi connectivity index (χ4v) is 2.63. The Hall–Kier alpha value is -1.74. The Bertz CT molecular complexity index is 545. The van der Waals surface area contributed by atoms with Crippen LogP contribution in [0.4, 0.5) is 0 Å². The van der Waals surface area contributed by atoms with Gasteiger partial charge in [-0.05, 0) is 32.4 Å². The number of nitrogens with zero attached hydrogens (tertiary/aromatic N) is 2. The van der Waals surface area contributed by atoms with Gasteiger partial charge in [-0.1, -0.05) is 30.3 Å². The Kier molecular flexibility index (Phi) is 3.56. The van der Waals surface area contributed by atoms with Gasteiger partial charge in [0.2, 0.25) is 0 Å². The molecule has 98 valence electrons. The third kappa shape index (κ3) is 2.99. The maximum absolute atomic E-state index is 4.72. The molecule has 0 radical (unpaired) electrons. The SMILES string of the molecule is Cc1cc(-c2ccccc2)nc(CC2CCCN2)n1. The quantitative estimate of drug-likeness (QED) is 0.914. The molecule has 0 aliphatic carbocycles. The van der Waals surface area contributed by atoms with E-state index < -0.39 is 0 Å². The molecule has 1 saturated heterocycles. The third-order valence-electron chi connectivity index (χ3n) is 3.56. The highest BCUT2D eigenvalue weighted by atomic mass is 15.0. The highest BCUT2D eigenvalue weighted by Gasteiger charge is 2.16. The first kappa shape index (κ1) is 12.3. The Morgan fingerprint density at radius 1 is 1.21 bits per heavy atom. The molecule has 1 aromatic heterocycles. The molecule has 3 rings (SSSR count). The van der Waals surface area contributed by atoms with Crippen LogP contribution < -0.4 is 5.32 Å². The predicted molar refractivity (Wildman–Crippen MR) is 76.9 cm³/mol. The van der Waals surface area contributed by atoms with Gasteiger partial charge in [-0.25, -0.2) is 9.97 Å². The smallest absolute Gasteiger partial charge is 0.130 e. The summed E-state index contributed by atoms with van der Waals surface area (Å²) >= 11 is 0. The molecule has 1 N–H and O–H groups in total. The molecule has 1 aliphatic heterocycles. The summed E-state index contributed by atoms with van der Waals surface area (Å²) < 4.78 is 0. The van der Waals surface area contributed by atoms with E-state index in [1.807, 2.05) is 25.1 Å². The summed E-state index contributed by atoms with van der Waals surface area (Å²) in [5.41, 5.74) is 3.23. The van der Waals surface area contributed by atoms with E-state index in [4.69, 9.17) is 4.98 Å². The highest BCUT2D eigenvalue weighted by molar-refractivity contribution is 5.59. The van der Waals surface area contributed by atoms with E-state index in [0.717, 1.165) is 35.7 Å². The van der Waals surface area contributed by atoms with Gasteiger partial charge in [0.1, 0.15) is 5.82 Å². The van der Waals surface area contributed by atoms with Gasteiger partial charge in [-0.15, -0.1) is 0 Å². The first-order chi connectivity index (χ1) is 9.31. The summed E-state index contributed by atoms with van der Waals surface area (Å²) in [7, 11) is 0. The molecular weight excluding hydrogens is 234 g/mol. The first-order valence-electron chi connectivity index (χ1n) is 6.94. The van der Waals surface area contributed by atoms with Crippen LogP contribution >= 0.6 is 0 Å². The molecule has 1 fully saturated rings. The zero-order valence-corrected chi connectivity index (χ0v) is 11.3. The Morgan fingerprint density at radius 3 is 2.79 bits per heavy atom. The molecule has 1 aliphatic rings. The van der Waals surface area contributed by atoms with Gasteiger partial charge >= 0.3 is 0 Å². The standard InChI is InChI=1S/C16H19N3/c1-12-10-15(13-6-3-2-4-7-13)19-16(18-12)11-14-8-5-9-17-14/h2-4,6-7,10,14,17H,5,8-9,11H2,1H3. The van der Waals surface area contributed by atoms with Crippen molar-refractivity contribution in [1.29, 1.82) is 0 Å². The van der Waals surface area contributed by atoms with Crippen molar-refractivity contribution in [3.8, 4) is 11.3 Å². The Labute approximate surface area is 114 Å². The van der Waals surface area contributed by atoms with Crippen LogP contribution in [0.25, 0.3) is 11.3 Å². The van der Waals surface area contributed by atoms with E-state index in [0.29, 0.717) is 6.04 Å². The van der Waals surface area contributed by atoms with Crippen LogP contribution in [0.1, 0.15) is 24.4 Å². The first-order valence-corrected chi connectivity index (χ1v) is 6.94. The van der Waals surface area contributed by atoms with E-state index in [1.165, 1.54) is 12.8 Å². The minimum atomic E-state index is 0.547. The van der Waals surface area contributed by atoms with Crippen LogP contribution in [0.2, 0.25) is 0 Å². The van der Waals surface area contributed by atoms with E-state index in [2.05, 4.69) is 28.5 Å². The van der Waals surface area contributed by atoms with Crippen molar-refractivity contribution in [1.82, 2.24) is 15.3 Å². The minimum absolute atomic E-state index is 0.547. The average Bonchev–Trinajstić information content (AvgIpc) is 2.92. The molecule has 2 aromatic rings. The van der Waals surface area contributed by atoms with Crippen molar-refractivity contribution < 1.29 is 0 Å². The number of hydrogen-bond donors (Lipinski definition) is 1. The topological polar surface area (TPSA) is 37.8 Å². The zero-order chi connectivity index (χ0) is 13.1. The van der Waals surface area contributed by atoms with Crippen LogP contribution in [-0.4, -0.2) is 22.6 Å². The lowest BCUT2D eigenvalue weighted by Crippen LogP contribution is -2.24. The lowest BCUT2D eigenvalue weighted by Gasteiger charge is -2.10. The summed E-state index contributed by atoms with van der Waals surface area (Å²) in [5.74, 6) is 0.957. The molecule has 0 amide bonds. The van der Waals surface area contributed by atoms with Crippen molar-refractivity contribution in [3.63, 3.8) is 0 Å². The van der Waals surface area contributed by atoms with Gasteiger partial charge in [0.15, 0.2) is 0 Å². The molecule has 0 spiro atoms. The van der Waals surface area contributed by atoms with Crippen LogP contribution in [0.5, 0.6) is 0 Å². The second-order valence-corrected chi connectivity index (χ2v) is 5.17. The van der Waals surface area contributed by atoms with E-state index in [1.54, 1.807) is 0 Å². The van der Waals surface area contributed by atoms with E-state index >= 15 is 0 Å². The van der Waals surface area contributed by atoms with Gasteiger partial charge in [0.05, 0.1) is 5.69 Å². The summed E-state index contributed by atoms with van der Waals surface area (Å²) in [6, 6.07) is 12.9. The second-order valence-electron chi connectivity index (χ2n) is 5.17. The summed E-state index contributed by atoms with van der Waals surface area (Å²) in [6.07, 6.45) is 3.43. The van der Waals surface area contributed by atoms with Gasteiger partial charge in [0, 0.05) is 23.7 Å². The van der Waals surface area contributed by atoms with E-state index in [9.17, 15) is 0 Å². The molecule has 3 nitrogen and oxygen atoms in total. The molecule has 1 atom stereocenters. The van der Waals surface area contributed by atoms with Gasteiger partial charge < -0.3 is 5.32 Å². The van der Waals surface area contributed by atoms with Crippen molar-refractivity contribution in [3.05, 3.63) is 47.9 Å². The second kappa shape index (κ2) is 5.49. The van der Waals surface area contributed by atoms with Gasteiger partial charge in [-0.3, -0.25) is 0 Å². The lowest BCUT2D eigenvalue weighted by atomic mass is 10.1. The Morgan fingerprint density at radius 2 is 2.05 bits per heavy atom. The number of nitrogens with one attached hydrogen (secondary N) is 1.